The molecule has 1 saturated carbocycles. The van der Waals surface area contributed by atoms with Crippen LogP contribution in [-0.4, -0.2) is 22.8 Å². The van der Waals surface area contributed by atoms with Crippen molar-refractivity contribution >= 4 is 6.01 Å². The van der Waals surface area contributed by atoms with Crippen LogP contribution in [0.15, 0.2) is 4.42 Å². The van der Waals surface area contributed by atoms with Gasteiger partial charge in [-0.1, -0.05) is 18.9 Å². The fourth-order valence-electron chi connectivity index (χ4n) is 2.37. The Morgan fingerprint density at radius 2 is 2.24 bits per heavy atom. The van der Waals surface area contributed by atoms with Crippen molar-refractivity contribution in [2.24, 2.45) is 5.92 Å². The van der Waals surface area contributed by atoms with E-state index in [-0.39, 0.29) is 6.04 Å². The Bertz CT molecular complexity index is 352. The third kappa shape index (κ3) is 3.19. The molecule has 5 nitrogen and oxygen atoms in total. The average molecular weight is 238 g/mol. The summed E-state index contributed by atoms with van der Waals surface area (Å²) in [5, 5.41) is 14.7. The second kappa shape index (κ2) is 5.49. The molecule has 96 valence electrons. The zero-order chi connectivity index (χ0) is 12.3. The largest absolute Gasteiger partial charge is 0.406 e. The molecule has 2 N–H and O–H groups in total. The van der Waals surface area contributed by atoms with Crippen LogP contribution in [0.2, 0.25) is 0 Å². The molecule has 0 bridgehead atoms. The monoisotopic (exact) mass is 238 g/mol. The maximum absolute atomic E-state index is 5.60. The summed E-state index contributed by atoms with van der Waals surface area (Å²) < 4.78 is 5.60. The lowest BCUT2D eigenvalue weighted by atomic mass is 10.1. The number of hydrogen-bond acceptors (Lipinski definition) is 5. The molecule has 3 atom stereocenters. The summed E-state index contributed by atoms with van der Waals surface area (Å²) in [6.07, 6.45) is 3.68. The maximum Gasteiger partial charge on any atom is 0.315 e. The van der Waals surface area contributed by atoms with E-state index in [4.69, 9.17) is 4.42 Å². The highest BCUT2D eigenvalue weighted by atomic mass is 16.4. The normalized spacial score (nSPS) is 26.1. The van der Waals surface area contributed by atoms with E-state index in [9.17, 15) is 0 Å². The fraction of sp³-hybridized carbons (Fsp3) is 0.833. The summed E-state index contributed by atoms with van der Waals surface area (Å²) in [7, 11) is 0. The first kappa shape index (κ1) is 12.4. The van der Waals surface area contributed by atoms with Crippen LogP contribution in [0.4, 0.5) is 6.01 Å². The standard InChI is InChI=1S/C12H22N4O/c1-4-13-9(3)11-15-16-12(17-11)14-10-6-5-8(2)7-10/h8-10,13H,4-7H2,1-3H3,(H,14,16). The Kier molecular flexibility index (Phi) is 3.99. The van der Waals surface area contributed by atoms with Crippen molar-refractivity contribution in [3.05, 3.63) is 5.89 Å². The molecule has 0 spiro atoms. The van der Waals surface area contributed by atoms with Gasteiger partial charge in [0, 0.05) is 6.04 Å². The van der Waals surface area contributed by atoms with Crippen LogP contribution in [-0.2, 0) is 0 Å². The number of rotatable bonds is 5. The van der Waals surface area contributed by atoms with E-state index in [1.807, 2.05) is 6.92 Å². The zero-order valence-corrected chi connectivity index (χ0v) is 10.9. The van der Waals surface area contributed by atoms with Crippen molar-refractivity contribution < 1.29 is 4.42 Å². The van der Waals surface area contributed by atoms with Crippen LogP contribution in [0.25, 0.3) is 0 Å². The van der Waals surface area contributed by atoms with E-state index in [2.05, 4.69) is 34.7 Å². The van der Waals surface area contributed by atoms with Gasteiger partial charge in [-0.15, -0.1) is 5.10 Å². The molecule has 1 heterocycles. The SMILES string of the molecule is CCNC(C)c1nnc(NC2CCC(C)C2)o1. The lowest BCUT2D eigenvalue weighted by Gasteiger charge is -2.09. The minimum atomic E-state index is 0.116. The summed E-state index contributed by atoms with van der Waals surface area (Å²) in [5.41, 5.74) is 0. The molecule has 3 unspecified atom stereocenters. The van der Waals surface area contributed by atoms with Crippen LogP contribution in [0.5, 0.6) is 0 Å². The summed E-state index contributed by atoms with van der Waals surface area (Å²) in [5.74, 6) is 1.45. The van der Waals surface area contributed by atoms with Crippen molar-refractivity contribution in [2.75, 3.05) is 11.9 Å². The Morgan fingerprint density at radius 1 is 1.41 bits per heavy atom. The van der Waals surface area contributed by atoms with Crippen molar-refractivity contribution in [3.8, 4) is 0 Å². The minimum Gasteiger partial charge on any atom is -0.406 e. The first-order chi connectivity index (χ1) is 8.19. The number of aromatic nitrogens is 2. The Morgan fingerprint density at radius 3 is 2.88 bits per heavy atom. The van der Waals surface area contributed by atoms with Crippen molar-refractivity contribution in [1.82, 2.24) is 15.5 Å². The lowest BCUT2D eigenvalue weighted by Crippen LogP contribution is -2.18. The van der Waals surface area contributed by atoms with E-state index in [1.165, 1.54) is 19.3 Å². The Hall–Kier alpha value is -1.10. The first-order valence-corrected chi connectivity index (χ1v) is 6.52. The van der Waals surface area contributed by atoms with E-state index < -0.39 is 0 Å². The first-order valence-electron chi connectivity index (χ1n) is 6.52. The van der Waals surface area contributed by atoms with Gasteiger partial charge in [-0.2, -0.15) is 0 Å². The zero-order valence-electron chi connectivity index (χ0n) is 10.9. The molecule has 0 aliphatic heterocycles. The Labute approximate surface area is 102 Å². The summed E-state index contributed by atoms with van der Waals surface area (Å²) in [6.45, 7) is 7.27. The number of nitrogens with one attached hydrogen (secondary N) is 2. The maximum atomic E-state index is 5.60. The van der Waals surface area contributed by atoms with Crippen molar-refractivity contribution in [2.45, 2.75) is 52.1 Å². The van der Waals surface area contributed by atoms with Gasteiger partial charge >= 0.3 is 6.01 Å². The highest BCUT2D eigenvalue weighted by molar-refractivity contribution is 5.20. The van der Waals surface area contributed by atoms with Crippen molar-refractivity contribution in [1.29, 1.82) is 0 Å². The van der Waals surface area contributed by atoms with Gasteiger partial charge in [-0.25, -0.2) is 0 Å². The number of anilines is 1. The van der Waals surface area contributed by atoms with Crippen LogP contribution in [0, 0.1) is 5.92 Å². The second-order valence-corrected chi connectivity index (χ2v) is 4.98. The fourth-order valence-corrected chi connectivity index (χ4v) is 2.37. The van der Waals surface area contributed by atoms with Gasteiger partial charge in [0.05, 0.1) is 6.04 Å². The smallest absolute Gasteiger partial charge is 0.315 e. The second-order valence-electron chi connectivity index (χ2n) is 4.98. The molecule has 0 aromatic carbocycles. The van der Waals surface area contributed by atoms with Gasteiger partial charge in [-0.3, -0.25) is 0 Å². The van der Waals surface area contributed by atoms with Gasteiger partial charge in [0.25, 0.3) is 0 Å². The third-order valence-corrected chi connectivity index (χ3v) is 3.34. The summed E-state index contributed by atoms with van der Waals surface area (Å²) >= 11 is 0. The van der Waals surface area contributed by atoms with Crippen molar-refractivity contribution in [3.63, 3.8) is 0 Å². The average Bonchev–Trinajstić information content (AvgIpc) is 2.89. The molecule has 0 radical (unpaired) electrons. The van der Waals surface area contributed by atoms with Gasteiger partial charge in [0.1, 0.15) is 0 Å². The molecule has 1 aromatic rings. The molecule has 1 aromatic heterocycles. The number of hydrogen-bond donors (Lipinski definition) is 2. The van der Waals surface area contributed by atoms with Crippen LogP contribution < -0.4 is 10.6 Å². The molecular weight excluding hydrogens is 216 g/mol. The topological polar surface area (TPSA) is 63.0 Å². The van der Waals surface area contributed by atoms with Crippen LogP contribution >= 0.6 is 0 Å². The van der Waals surface area contributed by atoms with Crippen LogP contribution in [0.3, 0.4) is 0 Å². The molecule has 0 saturated heterocycles. The highest BCUT2D eigenvalue weighted by Gasteiger charge is 2.23. The molecule has 17 heavy (non-hydrogen) atoms. The highest BCUT2D eigenvalue weighted by Crippen LogP contribution is 2.27. The van der Waals surface area contributed by atoms with Gasteiger partial charge in [0.2, 0.25) is 5.89 Å². The van der Waals surface area contributed by atoms with E-state index >= 15 is 0 Å². The predicted octanol–water partition coefficient (Wildman–Crippen LogP) is 2.34. The van der Waals surface area contributed by atoms with E-state index in [0.717, 1.165) is 12.5 Å². The lowest BCUT2D eigenvalue weighted by molar-refractivity contribution is 0.426. The third-order valence-electron chi connectivity index (χ3n) is 3.34. The summed E-state index contributed by atoms with van der Waals surface area (Å²) in [6, 6.07) is 1.17. The molecule has 1 aliphatic carbocycles. The molecule has 1 aliphatic rings. The Balaban J connectivity index is 1.89. The molecule has 1 fully saturated rings. The van der Waals surface area contributed by atoms with Crippen LogP contribution in [0.1, 0.15) is 52.0 Å². The molecule has 5 heteroatoms. The van der Waals surface area contributed by atoms with Gasteiger partial charge in [-0.05, 0) is 38.6 Å². The molecule has 2 rings (SSSR count). The minimum absolute atomic E-state index is 0.116. The number of nitrogens with zero attached hydrogens (tertiary/aromatic N) is 2. The molecular formula is C12H22N4O. The predicted molar refractivity (Wildman–Crippen MR) is 66.8 cm³/mol. The quantitative estimate of drug-likeness (QED) is 0.824. The molecule has 0 amide bonds. The van der Waals surface area contributed by atoms with Gasteiger partial charge in [0.15, 0.2) is 0 Å². The van der Waals surface area contributed by atoms with E-state index in [1.54, 1.807) is 0 Å². The summed E-state index contributed by atoms with van der Waals surface area (Å²) in [4.78, 5) is 0. The van der Waals surface area contributed by atoms with Gasteiger partial charge < -0.3 is 15.1 Å². The van der Waals surface area contributed by atoms with E-state index in [0.29, 0.717) is 17.9 Å².